The van der Waals surface area contributed by atoms with Gasteiger partial charge in [-0.1, -0.05) is 24.3 Å². The maximum Gasteiger partial charge on any atom is 0.337 e. The van der Waals surface area contributed by atoms with E-state index in [0.29, 0.717) is 35.2 Å². The van der Waals surface area contributed by atoms with Crippen molar-refractivity contribution in [3.05, 3.63) is 82.2 Å². The van der Waals surface area contributed by atoms with Crippen LogP contribution in [-0.2, 0) is 14.3 Å². The highest BCUT2D eigenvalue weighted by molar-refractivity contribution is 6.04. The van der Waals surface area contributed by atoms with Gasteiger partial charge in [-0.05, 0) is 80.3 Å². The minimum atomic E-state index is -0.573. The molecule has 1 fully saturated rings. The number of carbonyl (C=O) groups excluding carboxylic acids is 2. The predicted molar refractivity (Wildman–Crippen MR) is 132 cm³/mol. The van der Waals surface area contributed by atoms with Crippen LogP contribution >= 0.6 is 0 Å². The van der Waals surface area contributed by atoms with Gasteiger partial charge >= 0.3 is 5.97 Å². The Morgan fingerprint density at radius 3 is 2.46 bits per heavy atom. The molecule has 0 bridgehead atoms. The number of benzene rings is 2. The number of aromatic hydroxyl groups is 1. The molecule has 1 aliphatic heterocycles. The lowest BCUT2D eigenvalue weighted by Crippen LogP contribution is -2.36. The summed E-state index contributed by atoms with van der Waals surface area (Å²) < 4.78 is 11.2. The molecule has 2 N–H and O–H groups in total. The summed E-state index contributed by atoms with van der Waals surface area (Å²) in [6.45, 7) is 1.87. The van der Waals surface area contributed by atoms with E-state index in [1.807, 2.05) is 37.3 Å². The van der Waals surface area contributed by atoms with Gasteiger partial charge in [-0.3, -0.25) is 4.79 Å². The Balaban J connectivity index is 1.52. The van der Waals surface area contributed by atoms with Gasteiger partial charge in [-0.15, -0.1) is 0 Å². The number of ketones is 1. The second kappa shape index (κ2) is 9.61. The Morgan fingerprint density at radius 2 is 1.77 bits per heavy atom. The summed E-state index contributed by atoms with van der Waals surface area (Å²) >= 11 is 0. The topological polar surface area (TPSA) is 84.9 Å². The lowest BCUT2D eigenvalue weighted by Gasteiger charge is -2.37. The molecular weight excluding hydrogens is 442 g/mol. The molecule has 0 saturated heterocycles. The molecule has 2 unspecified atom stereocenters. The lowest BCUT2D eigenvalue weighted by atomic mass is 9.71. The standard InChI is InChI=1S/C29H31NO5/c1-17-26(29(33)35-23-8-3-4-9-23)27(19-6-5-7-21(31)14-19)28-24(30-17)15-20(16-25(28)32)18-10-12-22(34-2)13-11-18/h5-7,10-14,20,23,27,30-31H,3-4,8-9,15-16H2,1-2H3. The van der Waals surface area contributed by atoms with Gasteiger partial charge in [0.15, 0.2) is 5.78 Å². The van der Waals surface area contributed by atoms with E-state index < -0.39 is 5.92 Å². The molecule has 35 heavy (non-hydrogen) atoms. The van der Waals surface area contributed by atoms with E-state index in [4.69, 9.17) is 9.47 Å². The van der Waals surface area contributed by atoms with E-state index in [-0.39, 0.29) is 29.5 Å². The van der Waals surface area contributed by atoms with Gasteiger partial charge < -0.3 is 19.9 Å². The molecule has 3 aliphatic rings. The van der Waals surface area contributed by atoms with E-state index in [1.165, 1.54) is 0 Å². The molecule has 6 heteroatoms. The van der Waals surface area contributed by atoms with Crippen molar-refractivity contribution in [1.29, 1.82) is 0 Å². The number of dihydropyridines is 1. The largest absolute Gasteiger partial charge is 0.508 e. The summed E-state index contributed by atoms with van der Waals surface area (Å²) in [4.78, 5) is 27.1. The average Bonchev–Trinajstić information content (AvgIpc) is 3.36. The Kier molecular flexibility index (Phi) is 6.37. The second-order valence-corrected chi connectivity index (χ2v) is 9.70. The molecule has 0 spiro atoms. The molecule has 2 aromatic carbocycles. The van der Waals surface area contributed by atoms with Crippen LogP contribution in [0.3, 0.4) is 0 Å². The van der Waals surface area contributed by atoms with E-state index in [1.54, 1.807) is 25.3 Å². The zero-order valence-corrected chi connectivity index (χ0v) is 20.2. The number of Topliss-reactive ketones (excluding diaryl/α,β-unsaturated/α-hetero) is 1. The van der Waals surface area contributed by atoms with E-state index in [9.17, 15) is 14.7 Å². The summed E-state index contributed by atoms with van der Waals surface area (Å²) in [6.07, 6.45) is 4.80. The molecule has 5 rings (SSSR count). The van der Waals surface area contributed by atoms with Crippen molar-refractivity contribution in [3.8, 4) is 11.5 Å². The number of hydrogen-bond acceptors (Lipinski definition) is 6. The highest BCUT2D eigenvalue weighted by atomic mass is 16.5. The first kappa shape index (κ1) is 23.2. The van der Waals surface area contributed by atoms with Crippen molar-refractivity contribution in [2.45, 2.75) is 63.4 Å². The first-order valence-electron chi connectivity index (χ1n) is 12.3. The van der Waals surface area contributed by atoms with Crippen LogP contribution in [0.2, 0.25) is 0 Å². The van der Waals surface area contributed by atoms with Crippen molar-refractivity contribution in [1.82, 2.24) is 5.32 Å². The fourth-order valence-corrected chi connectivity index (χ4v) is 5.68. The number of carbonyl (C=O) groups is 2. The third-order valence-corrected chi connectivity index (χ3v) is 7.41. The predicted octanol–water partition coefficient (Wildman–Crippen LogP) is 5.25. The van der Waals surface area contributed by atoms with Crippen molar-refractivity contribution >= 4 is 11.8 Å². The summed E-state index contributed by atoms with van der Waals surface area (Å²) in [7, 11) is 1.63. The zero-order chi connectivity index (χ0) is 24.5. The fraction of sp³-hybridized carbons (Fsp3) is 0.379. The number of phenols is 1. The molecular formula is C29H31NO5. The number of esters is 1. The third kappa shape index (κ3) is 4.57. The quantitative estimate of drug-likeness (QED) is 0.577. The minimum Gasteiger partial charge on any atom is -0.508 e. The Morgan fingerprint density at radius 1 is 1.03 bits per heavy atom. The second-order valence-electron chi connectivity index (χ2n) is 9.70. The van der Waals surface area contributed by atoms with E-state index >= 15 is 0 Å². The molecule has 2 atom stereocenters. The first-order valence-corrected chi connectivity index (χ1v) is 12.3. The van der Waals surface area contributed by atoms with Gasteiger partial charge in [0.05, 0.1) is 12.7 Å². The summed E-state index contributed by atoms with van der Waals surface area (Å²) in [5.41, 5.74) is 4.39. The smallest absolute Gasteiger partial charge is 0.337 e. The number of phenolic OH excluding ortho intramolecular Hbond substituents is 1. The van der Waals surface area contributed by atoms with Crippen molar-refractivity contribution in [3.63, 3.8) is 0 Å². The number of nitrogens with one attached hydrogen (secondary N) is 1. The van der Waals surface area contributed by atoms with Crippen molar-refractivity contribution in [2.75, 3.05) is 7.11 Å². The highest BCUT2D eigenvalue weighted by Crippen LogP contribution is 2.46. The molecule has 6 nitrogen and oxygen atoms in total. The molecule has 2 aromatic rings. The zero-order valence-electron chi connectivity index (χ0n) is 20.2. The molecule has 0 amide bonds. The Labute approximate surface area is 205 Å². The van der Waals surface area contributed by atoms with E-state index in [2.05, 4.69) is 5.32 Å². The SMILES string of the molecule is COc1ccc(C2CC(=O)C3=C(C2)NC(C)=C(C(=O)OC2CCCC2)C3c2cccc(O)c2)cc1. The Bertz CT molecular complexity index is 1200. The van der Waals surface area contributed by atoms with Crippen LogP contribution in [0.1, 0.15) is 68.4 Å². The van der Waals surface area contributed by atoms with Crippen LogP contribution < -0.4 is 10.1 Å². The van der Waals surface area contributed by atoms with Crippen LogP contribution in [0.5, 0.6) is 11.5 Å². The third-order valence-electron chi connectivity index (χ3n) is 7.41. The Hall–Kier alpha value is -3.54. The lowest BCUT2D eigenvalue weighted by molar-refractivity contribution is -0.144. The first-order chi connectivity index (χ1) is 16.9. The number of rotatable bonds is 5. The van der Waals surface area contributed by atoms with E-state index in [0.717, 1.165) is 42.7 Å². The molecule has 0 radical (unpaired) electrons. The number of hydrogen-bond donors (Lipinski definition) is 2. The normalized spacial score (nSPS) is 22.6. The van der Waals surface area contributed by atoms with Gasteiger partial charge in [0.25, 0.3) is 0 Å². The summed E-state index contributed by atoms with van der Waals surface area (Å²) in [6, 6.07) is 14.7. The van der Waals surface area contributed by atoms with Crippen LogP contribution in [-0.4, -0.2) is 30.1 Å². The number of allylic oxidation sites excluding steroid dienone is 3. The molecule has 1 saturated carbocycles. The summed E-state index contributed by atoms with van der Waals surface area (Å²) in [5.74, 6) is -0.0391. The molecule has 2 aliphatic carbocycles. The molecule has 0 aromatic heterocycles. The van der Waals surface area contributed by atoms with Crippen LogP contribution in [0.25, 0.3) is 0 Å². The monoisotopic (exact) mass is 473 g/mol. The van der Waals surface area contributed by atoms with Gasteiger partial charge in [0.2, 0.25) is 0 Å². The minimum absolute atomic E-state index is 0.00609. The number of ether oxygens (including phenoxy) is 2. The average molecular weight is 474 g/mol. The fourth-order valence-electron chi connectivity index (χ4n) is 5.68. The summed E-state index contributed by atoms with van der Waals surface area (Å²) in [5, 5.41) is 13.6. The van der Waals surface area contributed by atoms with Gasteiger partial charge in [-0.2, -0.15) is 0 Å². The molecule has 182 valence electrons. The molecule has 1 heterocycles. The van der Waals surface area contributed by atoms with Crippen molar-refractivity contribution < 1.29 is 24.2 Å². The maximum absolute atomic E-state index is 13.7. The maximum atomic E-state index is 13.7. The highest BCUT2D eigenvalue weighted by Gasteiger charge is 2.42. The van der Waals surface area contributed by atoms with Crippen LogP contribution in [0, 0.1) is 0 Å². The van der Waals surface area contributed by atoms with Crippen molar-refractivity contribution in [2.24, 2.45) is 0 Å². The van der Waals surface area contributed by atoms with Gasteiger partial charge in [-0.25, -0.2) is 4.79 Å². The van der Waals surface area contributed by atoms with Gasteiger partial charge in [0, 0.05) is 29.3 Å². The van der Waals surface area contributed by atoms with Crippen LogP contribution in [0.4, 0.5) is 0 Å². The number of methoxy groups -OCH3 is 1. The van der Waals surface area contributed by atoms with Gasteiger partial charge in [0.1, 0.15) is 17.6 Å². The van der Waals surface area contributed by atoms with Crippen LogP contribution in [0.15, 0.2) is 71.1 Å².